The van der Waals surface area contributed by atoms with E-state index in [0.29, 0.717) is 5.56 Å². The van der Waals surface area contributed by atoms with Gasteiger partial charge in [0.1, 0.15) is 54.2 Å². The van der Waals surface area contributed by atoms with E-state index in [-0.39, 0.29) is 40.1 Å². The summed E-state index contributed by atoms with van der Waals surface area (Å²) in [5, 5.41) is 92.7. The van der Waals surface area contributed by atoms with E-state index in [1.807, 2.05) is 0 Å². The topological polar surface area (TPSA) is 241 Å². The lowest BCUT2D eigenvalue weighted by molar-refractivity contribution is -0.323. The van der Waals surface area contributed by atoms with Gasteiger partial charge < -0.3 is 74.4 Å². The van der Waals surface area contributed by atoms with Crippen molar-refractivity contribution in [3.63, 3.8) is 0 Å². The number of aromatic hydroxyl groups is 1. The molecule has 5 rings (SSSR count). The lowest BCUT2D eigenvalue weighted by atomic mass is 9.96. The molecular formula is C28H35O15+. The number of phenolic OH excluding ortho intramolecular Hbond substituents is 1. The highest BCUT2D eigenvalue weighted by molar-refractivity contribution is 5.69. The van der Waals surface area contributed by atoms with Crippen molar-refractivity contribution in [1.82, 2.24) is 0 Å². The van der Waals surface area contributed by atoms with E-state index in [0.717, 1.165) is 6.08 Å². The molecule has 2 saturated heterocycles. The predicted molar refractivity (Wildman–Crippen MR) is 143 cm³/mol. The zero-order valence-electron chi connectivity index (χ0n) is 23.0. The largest absolute Gasteiger partial charge is 0.571 e. The lowest BCUT2D eigenvalue weighted by Crippen LogP contribution is -2.61. The maximum absolute atomic E-state index is 10.8. The van der Waals surface area contributed by atoms with Gasteiger partial charge in [-0.05, 0) is 19.1 Å². The van der Waals surface area contributed by atoms with E-state index < -0.39 is 74.1 Å². The summed E-state index contributed by atoms with van der Waals surface area (Å²) in [6.45, 7) is 0.968. The van der Waals surface area contributed by atoms with Crippen LogP contribution in [-0.4, -0.2) is 132 Å². The number of aliphatic hydroxyl groups excluding tert-OH is 8. The third-order valence-electron chi connectivity index (χ3n) is 7.61. The number of aliphatic hydroxyl groups is 10. The van der Waals surface area contributed by atoms with Gasteiger partial charge in [-0.1, -0.05) is 0 Å². The van der Waals surface area contributed by atoms with Gasteiger partial charge in [0.25, 0.3) is 0 Å². The minimum atomic E-state index is -1.78. The molecule has 1 unspecified atom stereocenters. The van der Waals surface area contributed by atoms with Crippen molar-refractivity contribution in [2.24, 2.45) is 0 Å². The van der Waals surface area contributed by atoms with Crippen LogP contribution in [0.4, 0.5) is 0 Å². The molecule has 3 aliphatic heterocycles. The number of ether oxygens (including phenoxy) is 6. The van der Waals surface area contributed by atoms with Crippen molar-refractivity contribution in [3.05, 3.63) is 64.8 Å². The second kappa shape index (κ2) is 12.3. The number of allylic oxidation sites excluding steroid dienone is 2. The van der Waals surface area contributed by atoms with Gasteiger partial charge in [-0.3, -0.25) is 0 Å². The molecule has 1 aromatic carbocycles. The fourth-order valence-electron chi connectivity index (χ4n) is 5.10. The molecule has 1 aromatic rings. The molecule has 0 radical (unpaired) electrons. The van der Waals surface area contributed by atoms with Crippen molar-refractivity contribution in [3.8, 4) is 11.5 Å². The maximum Gasteiger partial charge on any atom is 0.305 e. The number of benzene rings is 1. The molecule has 0 saturated carbocycles. The Balaban J connectivity index is 1.41. The molecule has 15 heteroatoms. The first-order valence-electron chi connectivity index (χ1n) is 13.4. The fraction of sp³-hybridized carbons (Fsp3) is 0.500. The highest BCUT2D eigenvalue weighted by Crippen LogP contribution is 2.38. The lowest BCUT2D eigenvalue weighted by Gasteiger charge is -2.42. The molecular weight excluding hydrogens is 576 g/mol. The Morgan fingerprint density at radius 1 is 0.837 bits per heavy atom. The molecule has 0 spiro atoms. The SMILES string of the molecule is COc1cc(C2=C(O[C@@H]3O[C@H](CO[C@H]4O[C@H](C)[C@@H](O)[C@H](O)[C@H]4O)[C@@H](O)[C@H](O)[C@H]3O)C=C3C(O)=CC(O)=CC3[OH+]2)ccc1O. The molecule has 0 amide bonds. The average molecular weight is 612 g/mol. The van der Waals surface area contributed by atoms with Crippen LogP contribution in [0.25, 0.3) is 5.76 Å². The highest BCUT2D eigenvalue weighted by atomic mass is 16.7. The third-order valence-corrected chi connectivity index (χ3v) is 7.61. The first-order valence-corrected chi connectivity index (χ1v) is 13.4. The summed E-state index contributed by atoms with van der Waals surface area (Å²) < 4.78 is 32.4. The van der Waals surface area contributed by atoms with Crippen molar-refractivity contribution >= 4 is 5.76 Å². The van der Waals surface area contributed by atoms with Crippen LogP contribution in [0, 0.1) is 0 Å². The van der Waals surface area contributed by atoms with Gasteiger partial charge in [0, 0.05) is 18.2 Å². The van der Waals surface area contributed by atoms with E-state index in [9.17, 15) is 46.0 Å². The summed E-state index contributed by atoms with van der Waals surface area (Å²) in [4.78, 5) is 0. The standard InChI is InChI=1S/C28H34O15/c1-10-20(32)22(34)24(36)27(40-10)39-9-19-21(33)23(35)25(37)28(43-19)42-18-8-13-15(31)6-12(29)7-16(13)41-26(18)11-3-4-14(30)17(5-11)38-2/h3-8,10,16,19-25,27-37H,9H2,1-2H3/p+1/t10-,16?,19-,20-,21-,22+,23+,24-,25-,27+,28-/m1/s1. The van der Waals surface area contributed by atoms with E-state index in [4.69, 9.17) is 23.7 Å². The van der Waals surface area contributed by atoms with E-state index in [2.05, 4.69) is 4.74 Å². The van der Waals surface area contributed by atoms with Gasteiger partial charge in [-0.2, -0.15) is 0 Å². The molecule has 15 nitrogen and oxygen atoms in total. The van der Waals surface area contributed by atoms with Gasteiger partial charge in [0.05, 0.1) is 37.0 Å². The predicted octanol–water partition coefficient (Wildman–Crippen LogP) is -1.53. The second-order valence-corrected chi connectivity index (χ2v) is 10.5. The maximum atomic E-state index is 10.8. The molecule has 2 fully saturated rings. The molecule has 43 heavy (non-hydrogen) atoms. The van der Waals surface area contributed by atoms with Crippen molar-refractivity contribution in [1.29, 1.82) is 0 Å². The van der Waals surface area contributed by atoms with E-state index in [1.165, 1.54) is 44.4 Å². The summed E-state index contributed by atoms with van der Waals surface area (Å²) in [5.41, 5.74) is 0.623. The molecule has 236 valence electrons. The summed E-state index contributed by atoms with van der Waals surface area (Å²) in [6.07, 6.45) is -11.9. The average Bonchev–Trinajstić information content (AvgIpc) is 2.98. The van der Waals surface area contributed by atoms with E-state index in [1.54, 1.807) is 0 Å². The molecule has 11 atom stereocenters. The minimum Gasteiger partial charge on any atom is -0.571 e. The number of fused-ring (bicyclic) bond motifs is 1. The number of methoxy groups -OCH3 is 1. The molecule has 4 aliphatic rings. The van der Waals surface area contributed by atoms with Crippen LogP contribution >= 0.6 is 0 Å². The zero-order chi connectivity index (χ0) is 31.2. The molecule has 0 bridgehead atoms. The summed E-state index contributed by atoms with van der Waals surface area (Å²) in [5.74, 6) is -0.440. The third kappa shape index (κ3) is 6.04. The molecule has 0 aromatic heterocycles. The summed E-state index contributed by atoms with van der Waals surface area (Å²) >= 11 is 0. The first-order chi connectivity index (χ1) is 20.4. The van der Waals surface area contributed by atoms with Crippen LogP contribution < -0.4 is 4.74 Å². The Labute approximate surface area is 245 Å². The van der Waals surface area contributed by atoms with Crippen LogP contribution in [0.15, 0.2) is 59.3 Å². The van der Waals surface area contributed by atoms with Crippen molar-refractivity contribution < 1.29 is 74.4 Å². The minimum absolute atomic E-state index is 0.0435. The Hall–Kier alpha value is -3.38. The normalized spacial score (nSPS) is 37.9. The Bertz CT molecular complexity index is 1320. The van der Waals surface area contributed by atoms with Gasteiger partial charge >= 0.3 is 5.76 Å². The fourth-order valence-corrected chi connectivity index (χ4v) is 5.10. The summed E-state index contributed by atoms with van der Waals surface area (Å²) in [7, 11) is 1.35. The number of hydrogen-bond acceptors (Lipinski definition) is 14. The van der Waals surface area contributed by atoms with E-state index >= 15 is 0 Å². The highest BCUT2D eigenvalue weighted by Gasteiger charge is 2.48. The van der Waals surface area contributed by atoms with Crippen LogP contribution in [0.1, 0.15) is 12.5 Å². The smallest absolute Gasteiger partial charge is 0.305 e. The Morgan fingerprint density at radius 3 is 2.26 bits per heavy atom. The number of rotatable bonds is 7. The van der Waals surface area contributed by atoms with Crippen molar-refractivity contribution in [2.45, 2.75) is 74.4 Å². The van der Waals surface area contributed by atoms with Gasteiger partial charge in [0.15, 0.2) is 17.8 Å². The molecule has 3 heterocycles. The number of hydrogen-bond donors (Lipinski definition) is 9. The molecule has 1 aliphatic carbocycles. The van der Waals surface area contributed by atoms with Crippen LogP contribution in [0.5, 0.6) is 11.5 Å². The van der Waals surface area contributed by atoms with Crippen LogP contribution in [0.2, 0.25) is 0 Å². The quantitative estimate of drug-likeness (QED) is 0.159. The van der Waals surface area contributed by atoms with Gasteiger partial charge in [-0.25, -0.2) is 0 Å². The van der Waals surface area contributed by atoms with Crippen molar-refractivity contribution in [2.75, 3.05) is 13.7 Å². The van der Waals surface area contributed by atoms with Crippen LogP contribution in [-0.2, 0) is 18.9 Å². The Kier molecular flexibility index (Phi) is 8.89. The van der Waals surface area contributed by atoms with Crippen LogP contribution in [0.3, 0.4) is 0 Å². The Morgan fingerprint density at radius 2 is 1.53 bits per heavy atom. The summed E-state index contributed by atoms with van der Waals surface area (Å²) in [6, 6.07) is 4.33. The number of phenols is 1. The monoisotopic (exact) mass is 611 g/mol. The van der Waals surface area contributed by atoms with Gasteiger partial charge in [0.2, 0.25) is 18.2 Å². The van der Waals surface area contributed by atoms with Gasteiger partial charge in [-0.15, -0.1) is 0 Å². The zero-order valence-corrected chi connectivity index (χ0v) is 23.0. The molecule has 10 N–H and O–H groups in total. The second-order valence-electron chi connectivity index (χ2n) is 10.5. The first kappa shape index (κ1) is 31.1.